The molecule has 1 unspecified atom stereocenters. The Kier molecular flexibility index (Phi) is 3.99. The SMILES string of the molecule is C=CCNC(=O)COc1cccc2c1CCC2O. The smallest absolute Gasteiger partial charge is 0.258 e. The average Bonchev–Trinajstić information content (AvgIpc) is 2.76. The van der Waals surface area contributed by atoms with Crippen LogP contribution in [0.5, 0.6) is 5.75 Å². The lowest BCUT2D eigenvalue weighted by Crippen LogP contribution is -2.28. The summed E-state index contributed by atoms with van der Waals surface area (Å²) in [6.45, 7) is 3.95. The maximum absolute atomic E-state index is 11.4. The first-order chi connectivity index (χ1) is 8.72. The van der Waals surface area contributed by atoms with Gasteiger partial charge in [-0.05, 0) is 24.5 Å². The Labute approximate surface area is 106 Å². The molecule has 1 aromatic carbocycles. The number of hydrogen-bond acceptors (Lipinski definition) is 3. The average molecular weight is 247 g/mol. The van der Waals surface area contributed by atoms with Crippen molar-refractivity contribution in [2.24, 2.45) is 0 Å². The molecule has 1 aromatic rings. The second kappa shape index (κ2) is 5.69. The minimum absolute atomic E-state index is 0.0135. The van der Waals surface area contributed by atoms with Gasteiger partial charge in [0, 0.05) is 12.1 Å². The van der Waals surface area contributed by atoms with Gasteiger partial charge in [0.05, 0.1) is 6.10 Å². The van der Waals surface area contributed by atoms with Crippen LogP contribution in [-0.2, 0) is 11.2 Å². The number of ether oxygens (including phenoxy) is 1. The van der Waals surface area contributed by atoms with Crippen LogP contribution < -0.4 is 10.1 Å². The summed E-state index contributed by atoms with van der Waals surface area (Å²) in [5, 5.41) is 12.4. The van der Waals surface area contributed by atoms with E-state index in [2.05, 4.69) is 11.9 Å². The Balaban J connectivity index is 1.98. The lowest BCUT2D eigenvalue weighted by Gasteiger charge is -2.11. The number of aliphatic hydroxyl groups excluding tert-OH is 1. The van der Waals surface area contributed by atoms with Crippen molar-refractivity contribution in [1.82, 2.24) is 5.32 Å². The third kappa shape index (κ3) is 2.71. The summed E-state index contributed by atoms with van der Waals surface area (Å²) in [5.74, 6) is 0.517. The summed E-state index contributed by atoms with van der Waals surface area (Å²) in [6.07, 6.45) is 2.73. The normalized spacial score (nSPS) is 17.1. The summed E-state index contributed by atoms with van der Waals surface area (Å²) in [4.78, 5) is 11.4. The van der Waals surface area contributed by atoms with E-state index >= 15 is 0 Å². The Bertz CT molecular complexity index is 456. The van der Waals surface area contributed by atoms with Crippen molar-refractivity contribution in [3.8, 4) is 5.75 Å². The van der Waals surface area contributed by atoms with Gasteiger partial charge in [0.15, 0.2) is 6.61 Å². The fourth-order valence-electron chi connectivity index (χ4n) is 2.11. The minimum atomic E-state index is -0.404. The molecule has 0 saturated heterocycles. The predicted molar refractivity (Wildman–Crippen MR) is 68.4 cm³/mol. The van der Waals surface area contributed by atoms with Gasteiger partial charge in [-0.2, -0.15) is 0 Å². The Morgan fingerprint density at radius 2 is 2.44 bits per heavy atom. The van der Waals surface area contributed by atoms with Crippen molar-refractivity contribution in [2.45, 2.75) is 18.9 Å². The van der Waals surface area contributed by atoms with Crippen molar-refractivity contribution in [1.29, 1.82) is 0 Å². The number of aliphatic hydroxyl groups is 1. The number of carbonyl (C=O) groups is 1. The van der Waals surface area contributed by atoms with E-state index in [-0.39, 0.29) is 12.5 Å². The highest BCUT2D eigenvalue weighted by Gasteiger charge is 2.23. The van der Waals surface area contributed by atoms with Crippen molar-refractivity contribution in [2.75, 3.05) is 13.2 Å². The summed E-state index contributed by atoms with van der Waals surface area (Å²) >= 11 is 0. The third-order valence-corrected chi connectivity index (χ3v) is 3.00. The number of nitrogens with one attached hydrogen (secondary N) is 1. The molecule has 96 valence electrons. The molecule has 0 radical (unpaired) electrons. The molecule has 2 N–H and O–H groups in total. The molecule has 0 spiro atoms. The van der Waals surface area contributed by atoms with Crippen LogP contribution in [0.25, 0.3) is 0 Å². The van der Waals surface area contributed by atoms with Crippen LogP contribution in [0.1, 0.15) is 23.7 Å². The van der Waals surface area contributed by atoms with Crippen LogP contribution in [0.3, 0.4) is 0 Å². The van der Waals surface area contributed by atoms with Gasteiger partial charge in [-0.25, -0.2) is 0 Å². The fraction of sp³-hybridized carbons (Fsp3) is 0.357. The highest BCUT2D eigenvalue weighted by Crippen LogP contribution is 2.36. The zero-order valence-electron chi connectivity index (χ0n) is 10.2. The van der Waals surface area contributed by atoms with Gasteiger partial charge in [0.1, 0.15) is 5.75 Å². The van der Waals surface area contributed by atoms with Gasteiger partial charge >= 0.3 is 0 Å². The van der Waals surface area contributed by atoms with Crippen molar-refractivity contribution in [3.05, 3.63) is 42.0 Å². The lowest BCUT2D eigenvalue weighted by molar-refractivity contribution is -0.122. The van der Waals surface area contributed by atoms with Gasteiger partial charge in [-0.3, -0.25) is 4.79 Å². The van der Waals surface area contributed by atoms with Gasteiger partial charge in [-0.1, -0.05) is 18.2 Å². The molecule has 4 nitrogen and oxygen atoms in total. The number of carbonyl (C=O) groups excluding carboxylic acids is 1. The van der Waals surface area contributed by atoms with Crippen molar-refractivity contribution in [3.63, 3.8) is 0 Å². The zero-order chi connectivity index (χ0) is 13.0. The van der Waals surface area contributed by atoms with E-state index in [0.717, 1.165) is 24.0 Å². The first-order valence-electron chi connectivity index (χ1n) is 6.02. The third-order valence-electron chi connectivity index (χ3n) is 3.00. The second-order valence-corrected chi connectivity index (χ2v) is 4.26. The van der Waals surface area contributed by atoms with E-state index in [9.17, 15) is 9.90 Å². The van der Waals surface area contributed by atoms with Crippen molar-refractivity contribution >= 4 is 5.91 Å². The summed E-state index contributed by atoms with van der Waals surface area (Å²) < 4.78 is 5.50. The van der Waals surface area contributed by atoms with E-state index < -0.39 is 6.10 Å². The molecule has 0 heterocycles. The monoisotopic (exact) mass is 247 g/mol. The van der Waals surface area contributed by atoms with E-state index in [1.165, 1.54) is 0 Å². The molecule has 1 amide bonds. The summed E-state index contributed by atoms with van der Waals surface area (Å²) in [5.41, 5.74) is 1.93. The first-order valence-corrected chi connectivity index (χ1v) is 6.02. The van der Waals surface area contributed by atoms with Gasteiger partial charge in [0.25, 0.3) is 5.91 Å². The lowest BCUT2D eigenvalue weighted by atomic mass is 10.1. The molecule has 0 saturated carbocycles. The van der Waals surface area contributed by atoms with Crippen molar-refractivity contribution < 1.29 is 14.6 Å². The van der Waals surface area contributed by atoms with E-state index in [1.807, 2.05) is 18.2 Å². The zero-order valence-corrected chi connectivity index (χ0v) is 10.2. The number of rotatable bonds is 5. The number of benzene rings is 1. The van der Waals surface area contributed by atoms with Crippen LogP contribution >= 0.6 is 0 Å². The van der Waals surface area contributed by atoms with E-state index in [1.54, 1.807) is 6.08 Å². The maximum Gasteiger partial charge on any atom is 0.258 e. The van der Waals surface area contributed by atoms with Gasteiger partial charge in [-0.15, -0.1) is 6.58 Å². The largest absolute Gasteiger partial charge is 0.483 e. The molecule has 1 atom stereocenters. The van der Waals surface area contributed by atoms with Crippen LogP contribution in [-0.4, -0.2) is 24.2 Å². The molecule has 0 aromatic heterocycles. The standard InChI is InChI=1S/C14H17NO3/c1-2-8-15-14(17)9-18-13-5-3-4-10-11(13)6-7-12(10)16/h2-5,12,16H,1,6-9H2,(H,15,17). The molecule has 1 aliphatic carbocycles. The first kappa shape index (κ1) is 12.6. The Morgan fingerprint density at radius 1 is 1.61 bits per heavy atom. The van der Waals surface area contributed by atoms with E-state index in [4.69, 9.17) is 4.74 Å². The van der Waals surface area contributed by atoms with E-state index in [0.29, 0.717) is 12.3 Å². The highest BCUT2D eigenvalue weighted by molar-refractivity contribution is 5.77. The Morgan fingerprint density at radius 3 is 3.22 bits per heavy atom. The second-order valence-electron chi connectivity index (χ2n) is 4.26. The van der Waals surface area contributed by atoms with Gasteiger partial charge in [0.2, 0.25) is 0 Å². The van der Waals surface area contributed by atoms with Crippen LogP contribution in [0.2, 0.25) is 0 Å². The summed E-state index contributed by atoms with van der Waals surface area (Å²) in [6, 6.07) is 5.57. The molecule has 2 rings (SSSR count). The molecule has 0 fully saturated rings. The molecular formula is C14H17NO3. The number of amides is 1. The van der Waals surface area contributed by atoms with Crippen LogP contribution in [0.4, 0.5) is 0 Å². The predicted octanol–water partition coefficient (Wildman–Crippen LogP) is 1.35. The van der Waals surface area contributed by atoms with Gasteiger partial charge < -0.3 is 15.2 Å². The quantitative estimate of drug-likeness (QED) is 0.772. The molecule has 1 aliphatic rings. The molecule has 0 bridgehead atoms. The fourth-order valence-corrected chi connectivity index (χ4v) is 2.11. The molecule has 18 heavy (non-hydrogen) atoms. The molecule has 4 heteroatoms. The molecular weight excluding hydrogens is 230 g/mol. The Hall–Kier alpha value is -1.81. The highest BCUT2D eigenvalue weighted by atomic mass is 16.5. The topological polar surface area (TPSA) is 58.6 Å². The maximum atomic E-state index is 11.4. The van der Waals surface area contributed by atoms with Crippen LogP contribution in [0, 0.1) is 0 Å². The van der Waals surface area contributed by atoms with Crippen LogP contribution in [0.15, 0.2) is 30.9 Å². The number of hydrogen-bond donors (Lipinski definition) is 2. The summed E-state index contributed by atoms with van der Waals surface area (Å²) in [7, 11) is 0. The molecule has 0 aliphatic heterocycles. The number of fused-ring (bicyclic) bond motifs is 1. The minimum Gasteiger partial charge on any atom is -0.483 e.